The van der Waals surface area contributed by atoms with Crippen LogP contribution in [0.2, 0.25) is 0 Å². The van der Waals surface area contributed by atoms with Crippen molar-refractivity contribution < 1.29 is 32.2 Å². The second-order valence-electron chi connectivity index (χ2n) is 10.1. The maximum absolute atomic E-state index is 13.4. The van der Waals surface area contributed by atoms with E-state index in [9.17, 15) is 32.2 Å². The van der Waals surface area contributed by atoms with E-state index >= 15 is 0 Å². The number of halogens is 3. The molecule has 0 unspecified atom stereocenters. The Morgan fingerprint density at radius 2 is 1.90 bits per heavy atom. The van der Waals surface area contributed by atoms with Crippen LogP contribution < -0.4 is 0 Å². The number of carbonyl (C=O) groups excluding carboxylic acids is 1. The van der Waals surface area contributed by atoms with Crippen LogP contribution in [0.1, 0.15) is 78.6 Å². The number of aliphatic hydroxyl groups is 1. The van der Waals surface area contributed by atoms with Crippen LogP contribution in [0.25, 0.3) is 0 Å². The molecule has 3 aliphatic rings. The molecule has 3 rings (SSSR count). The Morgan fingerprint density at radius 1 is 1.23 bits per heavy atom. The summed E-state index contributed by atoms with van der Waals surface area (Å²) in [6.45, 7) is 6.16. The van der Waals surface area contributed by atoms with Crippen molar-refractivity contribution in [2.24, 2.45) is 22.7 Å². The maximum Gasteiger partial charge on any atom is 0.389 e. The molecule has 1 aliphatic heterocycles. The third kappa shape index (κ3) is 3.99. The Balaban J connectivity index is 1.84. The molecule has 2 aliphatic carbocycles. The first kappa shape index (κ1) is 24.1. The maximum atomic E-state index is 13.4. The van der Waals surface area contributed by atoms with Gasteiger partial charge in [-0.2, -0.15) is 13.2 Å². The fraction of sp³-hybridized carbons (Fsp3) is 0.952. The molecule has 1 amide bonds. The van der Waals surface area contributed by atoms with Gasteiger partial charge < -0.3 is 5.11 Å². The van der Waals surface area contributed by atoms with Gasteiger partial charge in [-0.3, -0.25) is 13.9 Å². The van der Waals surface area contributed by atoms with Crippen molar-refractivity contribution in [1.29, 1.82) is 0 Å². The van der Waals surface area contributed by atoms with Gasteiger partial charge in [-0.1, -0.05) is 46.5 Å². The minimum atomic E-state index is -4.63. The van der Waals surface area contributed by atoms with E-state index < -0.39 is 52.8 Å². The van der Waals surface area contributed by atoms with Crippen molar-refractivity contribution in [2.75, 3.05) is 5.75 Å². The van der Waals surface area contributed by atoms with Gasteiger partial charge >= 0.3 is 6.18 Å². The molecule has 1 heterocycles. The summed E-state index contributed by atoms with van der Waals surface area (Å²) in [4.78, 5) is 13.4. The average molecular weight is 456 g/mol. The van der Waals surface area contributed by atoms with E-state index in [0.29, 0.717) is 18.8 Å². The molecule has 30 heavy (non-hydrogen) atoms. The van der Waals surface area contributed by atoms with Crippen molar-refractivity contribution in [3.8, 4) is 0 Å². The fourth-order valence-electron chi connectivity index (χ4n) is 6.40. The zero-order valence-electron chi connectivity index (χ0n) is 18.1. The van der Waals surface area contributed by atoms with Gasteiger partial charge in [-0.05, 0) is 37.0 Å². The van der Waals surface area contributed by atoms with Gasteiger partial charge in [0.25, 0.3) is 0 Å². The molecule has 1 saturated heterocycles. The summed E-state index contributed by atoms with van der Waals surface area (Å²) in [6.07, 6.45) is -1.97. The average Bonchev–Trinajstić information content (AvgIpc) is 3.09. The summed E-state index contributed by atoms with van der Waals surface area (Å²) >= 11 is 0. The molecule has 9 heteroatoms. The number of nitrogens with zero attached hydrogens (tertiary/aromatic N) is 1. The SMILES string of the molecule is CCCCCC[C@@H](O)[C@@H](CC(F)(F)F)C(=O)N1[C@H]2C[C@@H]3CC[C@@]2(CS1(O)O)C3(C)C. The second-order valence-corrected chi connectivity index (χ2v) is 12.1. The minimum absolute atomic E-state index is 0.0330. The molecular weight excluding hydrogens is 419 g/mol. The molecule has 5 nitrogen and oxygen atoms in total. The van der Waals surface area contributed by atoms with Crippen LogP contribution in [-0.4, -0.2) is 48.5 Å². The summed E-state index contributed by atoms with van der Waals surface area (Å²) in [7, 11) is -3.52. The highest BCUT2D eigenvalue weighted by Gasteiger charge is 2.72. The normalized spacial score (nSPS) is 34.6. The molecule has 3 fully saturated rings. The van der Waals surface area contributed by atoms with E-state index in [1.807, 2.05) is 6.92 Å². The lowest BCUT2D eigenvalue weighted by atomic mass is 9.69. The fourth-order valence-corrected chi connectivity index (χ4v) is 9.06. The third-order valence-corrected chi connectivity index (χ3v) is 10.2. The van der Waals surface area contributed by atoms with Crippen molar-refractivity contribution >= 4 is 16.7 Å². The van der Waals surface area contributed by atoms with Gasteiger partial charge in [-0.15, -0.1) is 10.8 Å². The van der Waals surface area contributed by atoms with Gasteiger partial charge in [0.2, 0.25) is 5.91 Å². The second kappa shape index (κ2) is 8.12. The van der Waals surface area contributed by atoms with E-state index in [0.717, 1.165) is 36.4 Å². The summed E-state index contributed by atoms with van der Waals surface area (Å²) in [5.74, 6) is -2.30. The van der Waals surface area contributed by atoms with Gasteiger partial charge in [0, 0.05) is 5.41 Å². The largest absolute Gasteiger partial charge is 0.392 e. The standard InChI is InChI=1S/C21H36F3NO4S/c1-4-5-6-7-8-16(26)15(12-21(22,23)24)18(27)25-17-11-14-9-10-20(17,19(14,2)3)13-30(25,28)29/h14-17,26,28-29H,4-13H2,1-3H3/t14-,15+,16+,17-,20-/m0/s1. The molecule has 1 spiro atoms. The molecular formula is C21H36F3NO4S. The van der Waals surface area contributed by atoms with E-state index in [4.69, 9.17) is 0 Å². The highest BCUT2D eigenvalue weighted by atomic mass is 32.3. The Kier molecular flexibility index (Phi) is 6.53. The van der Waals surface area contributed by atoms with Crippen molar-refractivity contribution in [2.45, 2.75) is 96.9 Å². The summed E-state index contributed by atoms with van der Waals surface area (Å²) < 4.78 is 62.5. The van der Waals surface area contributed by atoms with Crippen LogP contribution >= 0.6 is 10.8 Å². The molecule has 2 bridgehead atoms. The van der Waals surface area contributed by atoms with E-state index in [-0.39, 0.29) is 17.6 Å². The molecule has 3 N–H and O–H groups in total. The Bertz CT molecular complexity index is 657. The Morgan fingerprint density at radius 3 is 2.47 bits per heavy atom. The zero-order chi connectivity index (χ0) is 22.5. The smallest absolute Gasteiger partial charge is 0.389 e. The topological polar surface area (TPSA) is 81.0 Å². The Hall–Kier alpha value is -0.510. The quantitative estimate of drug-likeness (QED) is 0.417. The molecule has 5 atom stereocenters. The van der Waals surface area contributed by atoms with Crippen molar-refractivity contribution in [3.05, 3.63) is 0 Å². The van der Waals surface area contributed by atoms with Crippen LogP contribution in [0.4, 0.5) is 13.2 Å². The van der Waals surface area contributed by atoms with Gasteiger partial charge in [0.1, 0.15) is 0 Å². The van der Waals surface area contributed by atoms with Gasteiger partial charge in [-0.25, -0.2) is 4.31 Å². The number of carbonyl (C=O) groups is 1. The molecule has 2 saturated carbocycles. The van der Waals surface area contributed by atoms with Crippen LogP contribution in [0, 0.1) is 22.7 Å². The molecule has 0 aromatic heterocycles. The monoisotopic (exact) mass is 455 g/mol. The number of amides is 1. The molecule has 0 radical (unpaired) electrons. The van der Waals surface area contributed by atoms with E-state index in [1.54, 1.807) is 0 Å². The predicted octanol–water partition coefficient (Wildman–Crippen LogP) is 5.59. The lowest BCUT2D eigenvalue weighted by molar-refractivity contribution is -0.167. The number of hydrogen-bond acceptors (Lipinski definition) is 4. The lowest BCUT2D eigenvalue weighted by Gasteiger charge is -2.42. The highest BCUT2D eigenvalue weighted by Crippen LogP contribution is 2.76. The number of unbranched alkanes of at least 4 members (excludes halogenated alkanes) is 3. The van der Waals surface area contributed by atoms with Crippen molar-refractivity contribution in [1.82, 2.24) is 4.31 Å². The third-order valence-electron chi connectivity index (χ3n) is 8.24. The molecule has 0 aromatic carbocycles. The van der Waals surface area contributed by atoms with E-state index in [2.05, 4.69) is 13.8 Å². The van der Waals surface area contributed by atoms with Crippen LogP contribution in [-0.2, 0) is 4.79 Å². The number of hydrogen-bond donors (Lipinski definition) is 3. The molecule has 0 aromatic rings. The molecule has 176 valence electrons. The predicted molar refractivity (Wildman–Crippen MR) is 111 cm³/mol. The van der Waals surface area contributed by atoms with Crippen LogP contribution in [0.3, 0.4) is 0 Å². The summed E-state index contributed by atoms with van der Waals surface area (Å²) in [5, 5.41) is 10.5. The van der Waals surface area contributed by atoms with E-state index in [1.165, 1.54) is 0 Å². The number of fused-ring (bicyclic) bond motifs is 1. The van der Waals surface area contributed by atoms with Crippen LogP contribution in [0.15, 0.2) is 0 Å². The number of rotatable bonds is 8. The first-order valence-electron chi connectivity index (χ1n) is 11.1. The van der Waals surface area contributed by atoms with Crippen molar-refractivity contribution in [3.63, 3.8) is 0 Å². The summed E-state index contributed by atoms with van der Waals surface area (Å²) in [6, 6.07) is -0.466. The zero-order valence-corrected chi connectivity index (χ0v) is 18.9. The van der Waals surface area contributed by atoms with Crippen LogP contribution in [0.5, 0.6) is 0 Å². The minimum Gasteiger partial charge on any atom is -0.392 e. The Labute approximate surface area is 178 Å². The van der Waals surface area contributed by atoms with Gasteiger partial charge in [0.05, 0.1) is 30.2 Å². The number of aliphatic hydroxyl groups excluding tert-OH is 1. The first-order chi connectivity index (χ1) is 13.8. The van der Waals surface area contributed by atoms with Gasteiger partial charge in [0.15, 0.2) is 0 Å². The highest BCUT2D eigenvalue weighted by molar-refractivity contribution is 8.22. The summed E-state index contributed by atoms with van der Waals surface area (Å²) in [5.41, 5.74) is -0.671. The number of alkyl halides is 3. The lowest BCUT2D eigenvalue weighted by Crippen LogP contribution is -2.48. The first-order valence-corrected chi connectivity index (χ1v) is 12.8.